The highest BCUT2D eigenvalue weighted by Crippen LogP contribution is 2.29. The number of aromatic nitrogens is 3. The molecule has 2 atom stereocenters. The molecular formula is C19H21N5O2S. The zero-order chi connectivity index (χ0) is 19.0. The van der Waals surface area contributed by atoms with E-state index in [2.05, 4.69) is 40.2 Å². The van der Waals surface area contributed by atoms with Crippen LogP contribution in [0.3, 0.4) is 0 Å². The van der Waals surface area contributed by atoms with Gasteiger partial charge in [0.1, 0.15) is 17.4 Å². The Hall–Kier alpha value is -2.74. The number of anilines is 2. The van der Waals surface area contributed by atoms with Crippen molar-refractivity contribution in [2.75, 3.05) is 16.8 Å². The number of benzene rings is 1. The monoisotopic (exact) mass is 383 g/mol. The molecule has 27 heavy (non-hydrogen) atoms. The molecular weight excluding hydrogens is 362 g/mol. The number of nitrogens with zero attached hydrogens (tertiary/aromatic N) is 4. The summed E-state index contributed by atoms with van der Waals surface area (Å²) in [6.07, 6.45) is 1.29. The van der Waals surface area contributed by atoms with E-state index in [1.54, 1.807) is 28.5 Å². The van der Waals surface area contributed by atoms with E-state index in [1.165, 1.54) is 0 Å². The van der Waals surface area contributed by atoms with Gasteiger partial charge in [-0.3, -0.25) is 4.90 Å². The number of carbonyl (C=O) groups is 1. The molecule has 0 radical (unpaired) electrons. The quantitative estimate of drug-likeness (QED) is 0.710. The van der Waals surface area contributed by atoms with Gasteiger partial charge >= 0.3 is 6.09 Å². The van der Waals surface area contributed by atoms with Gasteiger partial charge in [-0.15, -0.1) is 11.3 Å². The lowest BCUT2D eigenvalue weighted by atomic mass is 10.0. The molecule has 140 valence electrons. The highest BCUT2D eigenvalue weighted by molar-refractivity contribution is 7.18. The average Bonchev–Trinajstić information content (AvgIpc) is 3.25. The molecule has 1 N–H and O–H groups in total. The first kappa shape index (κ1) is 17.7. The topological polar surface area (TPSA) is 80.2 Å². The fraction of sp³-hybridized carbons (Fsp3) is 0.368. The summed E-state index contributed by atoms with van der Waals surface area (Å²) in [7, 11) is 0. The van der Waals surface area contributed by atoms with Crippen LogP contribution in [0.15, 0.2) is 36.5 Å². The molecule has 0 saturated carbocycles. The van der Waals surface area contributed by atoms with Crippen molar-refractivity contribution in [3.8, 4) is 0 Å². The molecule has 0 aliphatic carbocycles. The van der Waals surface area contributed by atoms with Crippen LogP contribution in [0, 0.1) is 5.92 Å². The van der Waals surface area contributed by atoms with Crippen molar-refractivity contribution >= 4 is 39.4 Å². The molecule has 1 saturated heterocycles. The van der Waals surface area contributed by atoms with Crippen molar-refractivity contribution < 1.29 is 9.53 Å². The van der Waals surface area contributed by atoms with E-state index in [1.807, 2.05) is 25.1 Å². The predicted molar refractivity (Wildman–Crippen MR) is 106 cm³/mol. The minimum atomic E-state index is -0.363. The molecule has 1 aliphatic heterocycles. The first-order chi connectivity index (χ1) is 13.0. The second-order valence-corrected chi connectivity index (χ2v) is 7.94. The molecule has 0 spiro atoms. The van der Waals surface area contributed by atoms with Crippen LogP contribution < -0.4 is 10.2 Å². The molecule has 8 heteroatoms. The minimum absolute atomic E-state index is 0.0260. The van der Waals surface area contributed by atoms with Crippen LogP contribution in [0.5, 0.6) is 0 Å². The number of para-hydroxylation sites is 1. The van der Waals surface area contributed by atoms with E-state index >= 15 is 0 Å². The molecule has 1 unspecified atom stereocenters. The summed E-state index contributed by atoms with van der Waals surface area (Å²) in [6, 6.07) is 9.71. The zero-order valence-corrected chi connectivity index (χ0v) is 16.2. The largest absolute Gasteiger partial charge is 0.447 e. The van der Waals surface area contributed by atoms with Gasteiger partial charge in [-0.25, -0.2) is 14.8 Å². The van der Waals surface area contributed by atoms with Gasteiger partial charge < -0.3 is 10.1 Å². The SMILES string of the molecule is CC(C)C1COC(=O)N1c1ccnc(N[C@H](C)c2nc3ccccc3s2)n1. The van der Waals surface area contributed by atoms with Crippen molar-refractivity contribution in [3.63, 3.8) is 0 Å². The van der Waals surface area contributed by atoms with Gasteiger partial charge in [0.25, 0.3) is 0 Å². The first-order valence-electron chi connectivity index (χ1n) is 8.94. The van der Waals surface area contributed by atoms with Gasteiger partial charge in [-0.1, -0.05) is 26.0 Å². The van der Waals surface area contributed by atoms with Crippen LogP contribution in [0.4, 0.5) is 16.6 Å². The molecule has 4 rings (SSSR count). The normalized spacial score (nSPS) is 18.1. The summed E-state index contributed by atoms with van der Waals surface area (Å²) in [6.45, 7) is 6.53. The first-order valence-corrected chi connectivity index (χ1v) is 9.75. The maximum Gasteiger partial charge on any atom is 0.415 e. The van der Waals surface area contributed by atoms with Crippen LogP contribution in [0.25, 0.3) is 10.2 Å². The summed E-state index contributed by atoms with van der Waals surface area (Å²) in [5.74, 6) is 1.27. The van der Waals surface area contributed by atoms with E-state index in [9.17, 15) is 4.79 Å². The van der Waals surface area contributed by atoms with Gasteiger partial charge in [-0.2, -0.15) is 4.98 Å². The van der Waals surface area contributed by atoms with Gasteiger partial charge in [0, 0.05) is 6.20 Å². The standard InChI is InChI=1S/C19H21N5O2S/c1-11(2)14-10-26-19(25)24(14)16-8-9-20-18(23-16)21-12(3)17-22-13-6-4-5-7-15(13)27-17/h4-9,11-12,14H,10H2,1-3H3,(H,20,21,23)/t12-,14?/m1/s1. The maximum atomic E-state index is 12.2. The van der Waals surface area contributed by atoms with Crippen molar-refractivity contribution in [1.29, 1.82) is 0 Å². The van der Waals surface area contributed by atoms with E-state index in [-0.39, 0.29) is 24.1 Å². The zero-order valence-electron chi connectivity index (χ0n) is 15.4. The number of ether oxygens (including phenoxy) is 1. The molecule has 1 aliphatic rings. The Labute approximate surface area is 161 Å². The molecule has 2 aromatic heterocycles. The summed E-state index contributed by atoms with van der Waals surface area (Å²) in [5.41, 5.74) is 0.986. The number of rotatable bonds is 5. The number of amides is 1. The van der Waals surface area contributed by atoms with E-state index < -0.39 is 0 Å². The number of thiazole rings is 1. The highest BCUT2D eigenvalue weighted by atomic mass is 32.1. The number of nitrogens with one attached hydrogen (secondary N) is 1. The lowest BCUT2D eigenvalue weighted by Gasteiger charge is -2.23. The third-order valence-corrected chi connectivity index (χ3v) is 5.81. The molecule has 1 aromatic carbocycles. The maximum absolute atomic E-state index is 12.2. The fourth-order valence-corrected chi connectivity index (χ4v) is 4.04. The van der Waals surface area contributed by atoms with Crippen molar-refractivity contribution in [2.45, 2.75) is 32.9 Å². The Morgan fingerprint density at radius 3 is 2.81 bits per heavy atom. The molecule has 3 aromatic rings. The van der Waals surface area contributed by atoms with Crippen LogP contribution >= 0.6 is 11.3 Å². The third kappa shape index (κ3) is 3.44. The number of cyclic esters (lactones) is 1. The van der Waals surface area contributed by atoms with Gasteiger partial charge in [0.05, 0.1) is 22.3 Å². The molecule has 7 nitrogen and oxygen atoms in total. The summed E-state index contributed by atoms with van der Waals surface area (Å²) in [5, 5.41) is 4.25. The number of hydrogen-bond acceptors (Lipinski definition) is 7. The Morgan fingerprint density at radius 2 is 2.04 bits per heavy atom. The van der Waals surface area contributed by atoms with Crippen molar-refractivity contribution in [1.82, 2.24) is 15.0 Å². The Kier molecular flexibility index (Phi) is 4.65. The number of hydrogen-bond donors (Lipinski definition) is 1. The van der Waals surface area contributed by atoms with E-state index in [4.69, 9.17) is 4.74 Å². The lowest BCUT2D eigenvalue weighted by Crippen LogP contribution is -2.37. The number of carbonyl (C=O) groups excluding carboxylic acids is 1. The number of fused-ring (bicyclic) bond motifs is 1. The average molecular weight is 383 g/mol. The van der Waals surface area contributed by atoms with Crippen LogP contribution in [0.2, 0.25) is 0 Å². The summed E-state index contributed by atoms with van der Waals surface area (Å²) >= 11 is 1.65. The predicted octanol–water partition coefficient (Wildman–Crippen LogP) is 4.24. The Morgan fingerprint density at radius 1 is 1.22 bits per heavy atom. The van der Waals surface area contributed by atoms with Gasteiger partial charge in [-0.05, 0) is 31.0 Å². The van der Waals surface area contributed by atoms with Crippen molar-refractivity contribution in [3.05, 3.63) is 41.5 Å². The Bertz CT molecular complexity index is 940. The summed E-state index contributed by atoms with van der Waals surface area (Å²) < 4.78 is 6.36. The lowest BCUT2D eigenvalue weighted by molar-refractivity contribution is 0.177. The van der Waals surface area contributed by atoms with Crippen LogP contribution in [0.1, 0.15) is 31.8 Å². The minimum Gasteiger partial charge on any atom is -0.447 e. The summed E-state index contributed by atoms with van der Waals surface area (Å²) in [4.78, 5) is 27.3. The molecule has 1 amide bonds. The van der Waals surface area contributed by atoms with Crippen LogP contribution in [-0.2, 0) is 4.74 Å². The second kappa shape index (κ2) is 7.11. The van der Waals surface area contributed by atoms with E-state index in [0.29, 0.717) is 18.4 Å². The molecule has 1 fully saturated rings. The Balaban J connectivity index is 1.56. The van der Waals surface area contributed by atoms with Gasteiger partial charge in [0.2, 0.25) is 5.95 Å². The van der Waals surface area contributed by atoms with E-state index in [0.717, 1.165) is 15.2 Å². The van der Waals surface area contributed by atoms with Gasteiger partial charge in [0.15, 0.2) is 0 Å². The highest BCUT2D eigenvalue weighted by Gasteiger charge is 2.37. The second-order valence-electron chi connectivity index (χ2n) is 6.88. The fourth-order valence-electron chi connectivity index (χ4n) is 3.07. The molecule has 3 heterocycles. The van der Waals surface area contributed by atoms with Crippen molar-refractivity contribution in [2.24, 2.45) is 5.92 Å². The smallest absolute Gasteiger partial charge is 0.415 e. The van der Waals surface area contributed by atoms with Crippen LogP contribution in [-0.4, -0.2) is 33.7 Å². The third-order valence-electron chi connectivity index (χ3n) is 4.59. The molecule has 0 bridgehead atoms.